The fourth-order valence-electron chi connectivity index (χ4n) is 5.11. The van der Waals surface area contributed by atoms with Gasteiger partial charge in [0.2, 0.25) is 0 Å². The standard InChI is InChI=1S/C26H21O8.CH3.Po/c1-31-15-7-8-18(20(11-15)32-12-22(27)28)24-17-5-3-2-4-16(17)23(25(24)26(29)30)14-6-9-19-21(10-14)34-13-33-19;;/h2,4-11,23-25H,12-13H2,1H3,(H,27,28)(H,29,30);1H3;/t23-,24-,25+;;/m0../s1. The molecule has 0 amide bonds. The quantitative estimate of drug-likeness (QED) is 0.372. The summed E-state index contributed by atoms with van der Waals surface area (Å²) in [7, 11) is 1.51. The van der Waals surface area contributed by atoms with E-state index < -0.39 is 59.9 Å². The van der Waals surface area contributed by atoms with Crippen molar-refractivity contribution in [3.63, 3.8) is 0 Å². The Kier molecular flexibility index (Phi) is 6.76. The van der Waals surface area contributed by atoms with Gasteiger partial charge in [0.1, 0.15) is 0 Å². The van der Waals surface area contributed by atoms with Crippen molar-refractivity contribution in [3.05, 3.63) is 76.9 Å². The molecule has 0 spiro atoms. The summed E-state index contributed by atoms with van der Waals surface area (Å²) in [5.41, 5.74) is 3.30. The number of hydrogen-bond acceptors (Lipinski definition) is 6. The molecule has 3 aromatic rings. The van der Waals surface area contributed by atoms with Crippen molar-refractivity contribution in [1.29, 1.82) is 0 Å². The fraction of sp³-hybridized carbons (Fsp3) is 0.259. The summed E-state index contributed by atoms with van der Waals surface area (Å²) < 4.78 is 25.5. The van der Waals surface area contributed by atoms with Gasteiger partial charge in [-0.05, 0) is 0 Å². The van der Waals surface area contributed by atoms with Crippen molar-refractivity contribution in [1.82, 2.24) is 0 Å². The van der Waals surface area contributed by atoms with E-state index in [0.717, 1.165) is 16.7 Å². The van der Waals surface area contributed by atoms with Crippen LogP contribution in [0.5, 0.6) is 23.0 Å². The summed E-state index contributed by atoms with van der Waals surface area (Å²) in [4.78, 5) is 24.2. The molecular weight excluding hydrogens is 661 g/mol. The molecule has 1 aliphatic carbocycles. The molecule has 0 bridgehead atoms. The predicted molar refractivity (Wildman–Crippen MR) is 131 cm³/mol. The molecule has 0 fully saturated rings. The Bertz CT molecular complexity index is 1340. The maximum atomic E-state index is 12.9. The van der Waals surface area contributed by atoms with E-state index in [4.69, 9.17) is 18.9 Å². The van der Waals surface area contributed by atoms with Crippen molar-refractivity contribution in [3.8, 4) is 23.0 Å². The molecule has 5 rings (SSSR count). The first-order valence-corrected chi connectivity index (χ1v) is 16.0. The Morgan fingerprint density at radius 3 is 2.44 bits per heavy atom. The van der Waals surface area contributed by atoms with Crippen LogP contribution in [0.1, 0.15) is 34.1 Å². The first kappa shape index (κ1) is 24.4. The Balaban J connectivity index is 1.70. The molecule has 9 heteroatoms. The Morgan fingerprint density at radius 2 is 1.72 bits per heavy atom. The number of carboxylic acids is 2. The van der Waals surface area contributed by atoms with Crippen molar-refractivity contribution < 1.29 is 38.7 Å². The summed E-state index contributed by atoms with van der Waals surface area (Å²) >= 11 is -0.766. The molecule has 36 heavy (non-hydrogen) atoms. The van der Waals surface area contributed by atoms with Gasteiger partial charge >= 0.3 is 220 Å². The zero-order valence-corrected chi connectivity index (χ0v) is 22.8. The van der Waals surface area contributed by atoms with Gasteiger partial charge in [-0.2, -0.15) is 0 Å². The van der Waals surface area contributed by atoms with Crippen LogP contribution in [0, 0.1) is 5.92 Å². The van der Waals surface area contributed by atoms with Gasteiger partial charge in [-0.1, -0.05) is 0 Å². The van der Waals surface area contributed by atoms with Gasteiger partial charge < -0.3 is 0 Å². The molecule has 1 heterocycles. The number of benzene rings is 3. The molecule has 0 aromatic heterocycles. The average Bonchev–Trinajstić information content (AvgIpc) is 3.48. The van der Waals surface area contributed by atoms with E-state index in [1.807, 2.05) is 24.3 Å². The van der Waals surface area contributed by atoms with E-state index in [9.17, 15) is 19.8 Å². The van der Waals surface area contributed by atoms with Crippen LogP contribution in [-0.2, 0) is 9.59 Å². The van der Waals surface area contributed by atoms with Crippen molar-refractivity contribution in [2.24, 2.45) is 5.92 Å². The van der Waals surface area contributed by atoms with Gasteiger partial charge in [0.15, 0.2) is 0 Å². The molecule has 1 aliphatic heterocycles. The third-order valence-electron chi connectivity index (χ3n) is 6.63. The average molecular weight is 685 g/mol. The third kappa shape index (κ3) is 4.37. The maximum absolute atomic E-state index is 12.9. The van der Waals surface area contributed by atoms with Crippen LogP contribution in [0.15, 0.2) is 54.6 Å². The summed E-state index contributed by atoms with van der Waals surface area (Å²) in [6.45, 7) is -0.418. The van der Waals surface area contributed by atoms with E-state index in [-0.39, 0.29) is 6.79 Å². The molecule has 0 saturated carbocycles. The molecule has 2 aliphatic rings. The van der Waals surface area contributed by atoms with Gasteiger partial charge in [-0.15, -0.1) is 0 Å². The number of methoxy groups -OCH3 is 1. The summed E-state index contributed by atoms with van der Waals surface area (Å²) in [6.07, 6.45) is 0. The molecule has 3 atom stereocenters. The molecule has 8 nitrogen and oxygen atoms in total. The summed E-state index contributed by atoms with van der Waals surface area (Å²) in [5.74, 6) is -1.89. The molecule has 0 radical (unpaired) electrons. The minimum atomic E-state index is -1.12. The van der Waals surface area contributed by atoms with Crippen LogP contribution in [0.4, 0.5) is 0 Å². The molecular formula is C27H24O8Po. The van der Waals surface area contributed by atoms with Crippen LogP contribution in [-0.4, -0.2) is 66.2 Å². The van der Waals surface area contributed by atoms with Crippen LogP contribution in [0.2, 0.25) is 4.58 Å². The van der Waals surface area contributed by atoms with Crippen LogP contribution in [0.25, 0.3) is 0 Å². The van der Waals surface area contributed by atoms with Gasteiger partial charge in [0.05, 0.1) is 0 Å². The molecule has 0 unspecified atom stereocenters. The topological polar surface area (TPSA) is 112 Å². The number of rotatable bonds is 8. The van der Waals surface area contributed by atoms with Gasteiger partial charge in [-0.3, -0.25) is 0 Å². The number of aliphatic carboxylic acids is 2. The Hall–Kier alpha value is -3.30. The second-order valence-corrected chi connectivity index (χ2v) is 11.9. The zero-order valence-electron chi connectivity index (χ0n) is 19.6. The minimum absolute atomic E-state index is 0.132. The van der Waals surface area contributed by atoms with Crippen LogP contribution >= 0.6 is 0 Å². The van der Waals surface area contributed by atoms with E-state index >= 15 is 0 Å². The SMILES string of the molecule is COc1ccc([C@@H]2c3c[c]([Po][CH3])ccc3[C@H](c3ccc4c(c3)OCO4)[C@H]2C(=O)O)c(OCC(=O)O)c1. The van der Waals surface area contributed by atoms with E-state index in [0.29, 0.717) is 28.6 Å². The number of carbonyl (C=O) groups is 2. The fourth-order valence-corrected chi connectivity index (χ4v) is 6.86. The first-order chi connectivity index (χ1) is 17.4. The second kappa shape index (κ2) is 9.98. The van der Waals surface area contributed by atoms with Crippen LogP contribution < -0.4 is 22.2 Å². The number of fused-ring (bicyclic) bond motifs is 2. The Morgan fingerprint density at radius 1 is 0.944 bits per heavy atom. The van der Waals surface area contributed by atoms with Crippen molar-refractivity contribution in [2.45, 2.75) is 16.4 Å². The summed E-state index contributed by atoms with van der Waals surface area (Å²) in [5, 5.41) is 19.8. The van der Waals surface area contributed by atoms with Gasteiger partial charge in [0.25, 0.3) is 0 Å². The van der Waals surface area contributed by atoms with E-state index in [1.54, 1.807) is 18.2 Å². The second-order valence-electron chi connectivity index (χ2n) is 8.51. The molecule has 0 saturated heterocycles. The first-order valence-electron chi connectivity index (χ1n) is 11.2. The van der Waals surface area contributed by atoms with Gasteiger partial charge in [0, 0.05) is 0 Å². The monoisotopic (exact) mass is 685 g/mol. The molecule has 2 N–H and O–H groups in total. The van der Waals surface area contributed by atoms with E-state index in [2.05, 4.69) is 16.7 Å². The third-order valence-corrected chi connectivity index (χ3v) is 9.45. The van der Waals surface area contributed by atoms with E-state index in [1.165, 1.54) is 10.3 Å². The van der Waals surface area contributed by atoms with Crippen molar-refractivity contribution in [2.75, 3.05) is 20.5 Å². The predicted octanol–water partition coefficient (Wildman–Crippen LogP) is 3.24. The normalized spacial score (nSPS) is 19.6. The molecule has 3 aromatic carbocycles. The zero-order chi connectivity index (χ0) is 25.4. The number of hydrogen-bond donors (Lipinski definition) is 2. The van der Waals surface area contributed by atoms with Crippen molar-refractivity contribution >= 4 is 38.7 Å². The van der Waals surface area contributed by atoms with Gasteiger partial charge in [-0.25, -0.2) is 0 Å². The Labute approximate surface area is 219 Å². The number of ether oxygens (including phenoxy) is 4. The summed E-state index contributed by atoms with van der Waals surface area (Å²) in [6, 6.07) is 17.0. The van der Waals surface area contributed by atoms with Crippen LogP contribution in [0.3, 0.4) is 0 Å². The molecule has 186 valence electrons. The number of carboxylic acid groups (broad SMARTS) is 2.